The van der Waals surface area contributed by atoms with Crippen LogP contribution in [0.2, 0.25) is 0 Å². The molecule has 0 fully saturated rings. The fraction of sp³-hybridized carbons (Fsp3) is 0.0714. The van der Waals surface area contributed by atoms with Gasteiger partial charge in [0.15, 0.2) is 0 Å². The minimum Gasteiger partial charge on any atom is -0.478 e. The molecular formula is C14H11FN2O4. The van der Waals surface area contributed by atoms with Gasteiger partial charge in [-0.25, -0.2) is 9.18 Å². The molecule has 1 aromatic heterocycles. The number of aryl methyl sites for hydroxylation is 1. The monoisotopic (exact) mass is 290 g/mol. The molecule has 2 N–H and O–H groups in total. The largest absolute Gasteiger partial charge is 0.478 e. The van der Waals surface area contributed by atoms with Crippen molar-refractivity contribution in [3.8, 4) is 0 Å². The van der Waals surface area contributed by atoms with Crippen LogP contribution in [-0.4, -0.2) is 22.0 Å². The van der Waals surface area contributed by atoms with Crippen LogP contribution < -0.4 is 5.32 Å². The van der Waals surface area contributed by atoms with Gasteiger partial charge >= 0.3 is 12.0 Å². The van der Waals surface area contributed by atoms with Crippen molar-refractivity contribution in [2.45, 2.75) is 6.92 Å². The molecule has 0 aliphatic rings. The van der Waals surface area contributed by atoms with E-state index in [-0.39, 0.29) is 17.1 Å². The Morgan fingerprint density at radius 1 is 1.43 bits per heavy atom. The molecule has 6 nitrogen and oxygen atoms in total. The Balaban J connectivity index is 2.15. The van der Waals surface area contributed by atoms with Crippen molar-refractivity contribution in [2.75, 3.05) is 5.32 Å². The number of oxazole rings is 1. The summed E-state index contributed by atoms with van der Waals surface area (Å²) in [5.41, 5.74) is 0.738. The fourth-order valence-corrected chi connectivity index (χ4v) is 1.55. The maximum absolute atomic E-state index is 13.7. The van der Waals surface area contributed by atoms with Crippen LogP contribution in [0.25, 0.3) is 6.08 Å². The van der Waals surface area contributed by atoms with Crippen LogP contribution >= 0.6 is 0 Å². The average molecular weight is 290 g/mol. The minimum atomic E-state index is -1.18. The van der Waals surface area contributed by atoms with Crippen LogP contribution in [0.15, 0.2) is 35.0 Å². The van der Waals surface area contributed by atoms with Gasteiger partial charge in [-0.2, -0.15) is 4.98 Å². The number of carboxylic acid groups (broad SMARTS) is 1. The van der Waals surface area contributed by atoms with Crippen molar-refractivity contribution in [3.05, 3.63) is 53.2 Å². The Labute approximate surface area is 118 Å². The van der Waals surface area contributed by atoms with E-state index in [4.69, 9.17) is 9.52 Å². The van der Waals surface area contributed by atoms with E-state index in [1.165, 1.54) is 18.4 Å². The molecule has 0 aliphatic carbocycles. The van der Waals surface area contributed by atoms with E-state index in [2.05, 4.69) is 10.3 Å². The van der Waals surface area contributed by atoms with Crippen molar-refractivity contribution in [3.63, 3.8) is 0 Å². The first-order valence-corrected chi connectivity index (χ1v) is 5.90. The summed E-state index contributed by atoms with van der Waals surface area (Å²) in [5.74, 6) is -2.47. The van der Waals surface area contributed by atoms with Gasteiger partial charge in [0, 0.05) is 17.2 Å². The summed E-state index contributed by atoms with van der Waals surface area (Å²) in [6.07, 6.45) is 3.29. The molecular weight excluding hydrogens is 279 g/mol. The van der Waals surface area contributed by atoms with Gasteiger partial charge in [-0.1, -0.05) is 6.07 Å². The third-order valence-corrected chi connectivity index (χ3v) is 2.51. The molecule has 0 radical (unpaired) electrons. The lowest BCUT2D eigenvalue weighted by atomic mass is 10.1. The van der Waals surface area contributed by atoms with Gasteiger partial charge in [-0.15, -0.1) is 0 Å². The first-order valence-electron chi connectivity index (χ1n) is 5.90. The molecule has 7 heteroatoms. The van der Waals surface area contributed by atoms with E-state index in [0.717, 1.165) is 18.2 Å². The first kappa shape index (κ1) is 14.4. The summed E-state index contributed by atoms with van der Waals surface area (Å²) in [6.45, 7) is 1.70. The van der Waals surface area contributed by atoms with E-state index < -0.39 is 17.7 Å². The average Bonchev–Trinajstić information content (AvgIpc) is 2.82. The van der Waals surface area contributed by atoms with E-state index in [9.17, 15) is 14.0 Å². The number of aromatic nitrogens is 1. The smallest absolute Gasteiger partial charge is 0.328 e. The Hall–Kier alpha value is -2.96. The summed E-state index contributed by atoms with van der Waals surface area (Å²) < 4.78 is 18.7. The number of hydrogen-bond donors (Lipinski definition) is 2. The zero-order chi connectivity index (χ0) is 15.4. The number of carbonyl (C=O) groups is 2. The van der Waals surface area contributed by atoms with Crippen molar-refractivity contribution < 1.29 is 23.5 Å². The van der Waals surface area contributed by atoms with E-state index >= 15 is 0 Å². The van der Waals surface area contributed by atoms with E-state index in [0.29, 0.717) is 5.69 Å². The number of nitrogens with one attached hydrogen (secondary N) is 1. The van der Waals surface area contributed by atoms with Crippen LogP contribution in [-0.2, 0) is 4.79 Å². The summed E-state index contributed by atoms with van der Waals surface area (Å²) in [7, 11) is 0. The highest BCUT2D eigenvalue weighted by Crippen LogP contribution is 2.14. The topological polar surface area (TPSA) is 92.4 Å². The first-order chi connectivity index (χ1) is 9.95. The van der Waals surface area contributed by atoms with Gasteiger partial charge in [0.1, 0.15) is 12.1 Å². The summed E-state index contributed by atoms with van der Waals surface area (Å²) in [4.78, 5) is 26.1. The van der Waals surface area contributed by atoms with Gasteiger partial charge < -0.3 is 9.52 Å². The Morgan fingerprint density at radius 2 is 2.19 bits per heavy atom. The molecule has 2 aromatic rings. The maximum Gasteiger partial charge on any atom is 0.328 e. The number of carboxylic acids is 1. The SMILES string of the molecule is Cc1coc(NC(=O)c2ccc(/C=C/C(=O)O)c(F)c2)n1. The highest BCUT2D eigenvalue weighted by atomic mass is 19.1. The number of amides is 1. The number of aliphatic carboxylic acids is 1. The number of benzene rings is 1. The molecule has 1 aromatic carbocycles. The molecule has 0 aliphatic heterocycles. The Kier molecular flexibility index (Phi) is 4.13. The second kappa shape index (κ2) is 6.00. The van der Waals surface area contributed by atoms with Gasteiger partial charge in [0.25, 0.3) is 5.91 Å². The Bertz CT molecular complexity index is 722. The quantitative estimate of drug-likeness (QED) is 0.844. The molecule has 108 valence electrons. The molecule has 1 heterocycles. The third kappa shape index (κ3) is 3.75. The molecule has 0 saturated carbocycles. The number of rotatable bonds is 4. The standard InChI is InChI=1S/C14H11FN2O4/c1-8-7-21-14(16-8)17-13(20)10-3-2-9(11(15)6-10)4-5-12(18)19/h2-7H,1H3,(H,18,19)(H,16,17,20)/b5-4+. The predicted molar refractivity (Wildman–Crippen MR) is 72.3 cm³/mol. The maximum atomic E-state index is 13.7. The number of halogens is 1. The van der Waals surface area contributed by atoms with E-state index in [1.54, 1.807) is 6.92 Å². The molecule has 0 bridgehead atoms. The molecule has 0 atom stereocenters. The number of carbonyl (C=O) groups excluding carboxylic acids is 1. The number of anilines is 1. The molecule has 0 unspecified atom stereocenters. The highest BCUT2D eigenvalue weighted by molar-refractivity contribution is 6.03. The second-order valence-corrected chi connectivity index (χ2v) is 4.16. The minimum absolute atomic E-state index is 0.0211. The van der Waals surface area contributed by atoms with Crippen molar-refractivity contribution in [1.82, 2.24) is 4.98 Å². The zero-order valence-corrected chi connectivity index (χ0v) is 11.0. The van der Waals surface area contributed by atoms with Crippen LogP contribution in [0.1, 0.15) is 21.6 Å². The van der Waals surface area contributed by atoms with Crippen LogP contribution in [0.5, 0.6) is 0 Å². The van der Waals surface area contributed by atoms with Gasteiger partial charge in [0.05, 0.1) is 5.69 Å². The van der Waals surface area contributed by atoms with Crippen LogP contribution in [0.4, 0.5) is 10.4 Å². The third-order valence-electron chi connectivity index (χ3n) is 2.51. The van der Waals surface area contributed by atoms with E-state index in [1.807, 2.05) is 0 Å². The second-order valence-electron chi connectivity index (χ2n) is 4.16. The normalized spacial score (nSPS) is 10.8. The number of nitrogens with zero attached hydrogens (tertiary/aromatic N) is 1. The van der Waals surface area contributed by atoms with Gasteiger partial charge in [-0.3, -0.25) is 10.1 Å². The molecule has 2 rings (SSSR count). The summed E-state index contributed by atoms with van der Waals surface area (Å²) >= 11 is 0. The molecule has 21 heavy (non-hydrogen) atoms. The highest BCUT2D eigenvalue weighted by Gasteiger charge is 2.11. The lowest BCUT2D eigenvalue weighted by Gasteiger charge is -2.03. The van der Waals surface area contributed by atoms with Crippen molar-refractivity contribution in [2.24, 2.45) is 0 Å². The zero-order valence-electron chi connectivity index (χ0n) is 11.0. The van der Waals surface area contributed by atoms with Gasteiger partial charge in [0.2, 0.25) is 0 Å². The number of hydrogen-bond acceptors (Lipinski definition) is 4. The summed E-state index contributed by atoms with van der Waals surface area (Å²) in [6, 6.07) is 3.71. The van der Waals surface area contributed by atoms with Gasteiger partial charge in [-0.05, 0) is 25.1 Å². The Morgan fingerprint density at radius 3 is 2.76 bits per heavy atom. The molecule has 0 saturated heterocycles. The summed E-state index contributed by atoms with van der Waals surface area (Å²) in [5, 5.41) is 10.9. The lowest BCUT2D eigenvalue weighted by Crippen LogP contribution is -2.12. The van der Waals surface area contributed by atoms with Crippen LogP contribution in [0.3, 0.4) is 0 Å². The van der Waals surface area contributed by atoms with Crippen molar-refractivity contribution >= 4 is 24.0 Å². The predicted octanol–water partition coefficient (Wildman–Crippen LogP) is 2.47. The lowest BCUT2D eigenvalue weighted by molar-refractivity contribution is -0.131. The molecule has 1 amide bonds. The molecule has 0 spiro atoms. The fourth-order valence-electron chi connectivity index (χ4n) is 1.55. The van der Waals surface area contributed by atoms with Crippen molar-refractivity contribution in [1.29, 1.82) is 0 Å². The van der Waals surface area contributed by atoms with Crippen LogP contribution in [0, 0.1) is 12.7 Å².